The number of nitrogens with zero attached hydrogens (tertiary/aromatic N) is 3. The van der Waals surface area contributed by atoms with E-state index in [1.54, 1.807) is 12.1 Å². The van der Waals surface area contributed by atoms with Crippen molar-refractivity contribution in [3.05, 3.63) is 81.7 Å². The van der Waals surface area contributed by atoms with E-state index in [9.17, 15) is 22.4 Å². The molecule has 1 N–H and O–H groups in total. The third kappa shape index (κ3) is 4.70. The number of urea groups is 1. The first-order valence-electron chi connectivity index (χ1n) is 8.91. The minimum atomic E-state index is -4.49. The van der Waals surface area contributed by atoms with Crippen molar-refractivity contribution < 1.29 is 22.4 Å². The van der Waals surface area contributed by atoms with Crippen LogP contribution < -0.4 is 5.32 Å². The Morgan fingerprint density at radius 2 is 1.94 bits per heavy atom. The van der Waals surface area contributed by atoms with Crippen LogP contribution in [0.5, 0.6) is 0 Å². The molecule has 3 heterocycles. The van der Waals surface area contributed by atoms with Crippen molar-refractivity contribution in [2.24, 2.45) is 5.10 Å². The molecule has 4 rings (SSSR count). The van der Waals surface area contributed by atoms with Crippen molar-refractivity contribution in [2.45, 2.75) is 12.1 Å². The van der Waals surface area contributed by atoms with Crippen LogP contribution >= 0.6 is 22.9 Å². The topological polar surface area (TPSA) is 57.6 Å². The second-order valence-corrected chi connectivity index (χ2v) is 8.00. The monoisotopic (exact) mass is 468 g/mol. The maximum atomic E-state index is 13.4. The minimum Gasteiger partial charge on any atom is -0.298 e. The molecular formula is C20H13ClF4N4OS. The van der Waals surface area contributed by atoms with Gasteiger partial charge < -0.3 is 0 Å². The van der Waals surface area contributed by atoms with Gasteiger partial charge in [-0.1, -0.05) is 23.7 Å². The Morgan fingerprint density at radius 3 is 2.55 bits per heavy atom. The Kier molecular flexibility index (Phi) is 5.67. The molecule has 1 aliphatic rings. The van der Waals surface area contributed by atoms with Gasteiger partial charge in [-0.15, -0.1) is 11.3 Å². The average molecular weight is 469 g/mol. The van der Waals surface area contributed by atoms with E-state index in [-0.39, 0.29) is 11.5 Å². The molecule has 0 saturated heterocycles. The molecule has 1 atom stereocenters. The zero-order valence-electron chi connectivity index (χ0n) is 15.5. The summed E-state index contributed by atoms with van der Waals surface area (Å²) in [6.07, 6.45) is -3.03. The summed E-state index contributed by atoms with van der Waals surface area (Å²) in [7, 11) is 0. The highest BCUT2D eigenvalue weighted by atomic mass is 35.5. The van der Waals surface area contributed by atoms with E-state index >= 15 is 0 Å². The predicted molar refractivity (Wildman–Crippen MR) is 110 cm³/mol. The molecule has 1 unspecified atom stereocenters. The molecule has 5 nitrogen and oxygen atoms in total. The number of thiophene rings is 1. The highest BCUT2D eigenvalue weighted by Crippen LogP contribution is 2.35. The molecule has 0 spiro atoms. The van der Waals surface area contributed by atoms with E-state index in [0.717, 1.165) is 27.8 Å². The number of alkyl halides is 3. The molecule has 0 bridgehead atoms. The second kappa shape index (κ2) is 8.27. The molecule has 3 aromatic rings. The van der Waals surface area contributed by atoms with Crippen molar-refractivity contribution in [2.75, 3.05) is 11.9 Å². The van der Waals surface area contributed by atoms with Gasteiger partial charge >= 0.3 is 12.2 Å². The van der Waals surface area contributed by atoms with Crippen LogP contribution in [0.25, 0.3) is 0 Å². The lowest BCUT2D eigenvalue weighted by molar-refractivity contribution is -0.137. The highest BCUT2D eigenvalue weighted by Gasteiger charge is 2.35. The molecule has 2 aromatic heterocycles. The van der Waals surface area contributed by atoms with Crippen molar-refractivity contribution >= 4 is 39.7 Å². The molecule has 0 radical (unpaired) electrons. The van der Waals surface area contributed by atoms with Gasteiger partial charge in [0, 0.05) is 11.6 Å². The third-order valence-electron chi connectivity index (χ3n) is 4.55. The lowest BCUT2D eigenvalue weighted by Crippen LogP contribution is -2.30. The molecule has 31 heavy (non-hydrogen) atoms. The largest absolute Gasteiger partial charge is 0.417 e. The fraction of sp³-hybridized carbons (Fsp3) is 0.150. The van der Waals surface area contributed by atoms with Gasteiger partial charge in [0.1, 0.15) is 5.82 Å². The molecule has 0 aliphatic carbocycles. The Labute approximate surface area is 183 Å². The molecular weight excluding hydrogens is 456 g/mol. The maximum Gasteiger partial charge on any atom is 0.417 e. The number of amides is 2. The van der Waals surface area contributed by atoms with Gasteiger partial charge in [-0.25, -0.2) is 14.2 Å². The minimum absolute atomic E-state index is 0.0453. The Hall–Kier alpha value is -2.98. The van der Waals surface area contributed by atoms with Gasteiger partial charge in [-0.3, -0.25) is 10.3 Å². The summed E-state index contributed by atoms with van der Waals surface area (Å²) < 4.78 is 51.7. The van der Waals surface area contributed by atoms with Crippen LogP contribution in [-0.2, 0) is 6.18 Å². The second-order valence-electron chi connectivity index (χ2n) is 6.66. The molecule has 0 fully saturated rings. The van der Waals surface area contributed by atoms with Gasteiger partial charge in [0.25, 0.3) is 0 Å². The van der Waals surface area contributed by atoms with Crippen LogP contribution in [0, 0.1) is 5.82 Å². The van der Waals surface area contributed by atoms with Crippen LogP contribution in [-0.4, -0.2) is 28.3 Å². The van der Waals surface area contributed by atoms with E-state index in [0.29, 0.717) is 22.0 Å². The zero-order valence-corrected chi connectivity index (χ0v) is 17.1. The van der Waals surface area contributed by atoms with E-state index in [1.165, 1.54) is 30.5 Å². The number of hydrogen-bond donors (Lipinski definition) is 1. The lowest BCUT2D eigenvalue weighted by atomic mass is 9.94. The van der Waals surface area contributed by atoms with E-state index < -0.39 is 29.5 Å². The number of aromatic nitrogens is 1. The van der Waals surface area contributed by atoms with Crippen molar-refractivity contribution in [1.82, 2.24) is 9.99 Å². The summed E-state index contributed by atoms with van der Waals surface area (Å²) in [6, 6.07) is 9.14. The molecule has 2 amide bonds. The first-order valence-corrected chi connectivity index (χ1v) is 10.2. The number of carbonyl (C=O) groups is 1. The van der Waals surface area contributed by atoms with Crippen LogP contribution in [0.1, 0.15) is 22.7 Å². The standard InChI is InChI=1S/C20H13ClF4N4OS/c21-13-3-6-16(26-8-13)15-9-29(28-18(15)11-1-4-14(22)5-2-11)19(30)27-17-7-12(10-31-17)20(23,24)25/h1-8,10,15H,9H2,(H,27,30). The number of hydrogen-bond acceptors (Lipinski definition) is 4. The van der Waals surface area contributed by atoms with Gasteiger partial charge in [-0.05, 0) is 35.9 Å². The Bertz CT molecular complexity index is 1130. The van der Waals surface area contributed by atoms with Crippen LogP contribution in [0.3, 0.4) is 0 Å². The van der Waals surface area contributed by atoms with Crippen LogP contribution in [0.4, 0.5) is 27.4 Å². The summed E-state index contributed by atoms with van der Waals surface area (Å²) >= 11 is 6.67. The summed E-state index contributed by atoms with van der Waals surface area (Å²) in [5.74, 6) is -0.848. The highest BCUT2D eigenvalue weighted by molar-refractivity contribution is 7.14. The number of anilines is 1. The smallest absolute Gasteiger partial charge is 0.298 e. The normalized spacial score (nSPS) is 16.4. The first kappa shape index (κ1) is 21.3. The van der Waals surface area contributed by atoms with Crippen molar-refractivity contribution in [3.63, 3.8) is 0 Å². The molecule has 0 saturated carbocycles. The Balaban J connectivity index is 1.60. The number of hydrazone groups is 1. The SMILES string of the molecule is O=C(Nc1cc(C(F)(F)F)cs1)N1CC(c2ccc(Cl)cn2)C(c2ccc(F)cc2)=N1. The average Bonchev–Trinajstić information content (AvgIpc) is 3.37. The van der Waals surface area contributed by atoms with Gasteiger partial charge in [-0.2, -0.15) is 18.3 Å². The predicted octanol–water partition coefficient (Wildman–Crippen LogP) is 5.99. The Morgan fingerprint density at radius 1 is 1.19 bits per heavy atom. The first-order chi connectivity index (χ1) is 14.7. The molecule has 1 aromatic carbocycles. The summed E-state index contributed by atoms with van der Waals surface area (Å²) in [5.41, 5.74) is 0.826. The van der Waals surface area contributed by atoms with Crippen molar-refractivity contribution in [3.8, 4) is 0 Å². The van der Waals surface area contributed by atoms with Gasteiger partial charge in [0.2, 0.25) is 0 Å². The van der Waals surface area contributed by atoms with Crippen molar-refractivity contribution in [1.29, 1.82) is 0 Å². The lowest BCUT2D eigenvalue weighted by Gasteiger charge is -2.15. The van der Waals surface area contributed by atoms with Gasteiger partial charge in [0.15, 0.2) is 0 Å². The van der Waals surface area contributed by atoms with E-state index in [1.807, 2.05) is 0 Å². The number of benzene rings is 1. The maximum absolute atomic E-state index is 13.4. The summed E-state index contributed by atoms with van der Waals surface area (Å²) in [4.78, 5) is 17.0. The summed E-state index contributed by atoms with van der Waals surface area (Å²) in [6.45, 7) is 0.102. The molecule has 11 heteroatoms. The number of pyridine rings is 1. The van der Waals surface area contributed by atoms with Crippen LogP contribution in [0.2, 0.25) is 5.02 Å². The fourth-order valence-corrected chi connectivity index (χ4v) is 3.96. The van der Waals surface area contributed by atoms with Gasteiger partial charge in [0.05, 0.1) is 39.5 Å². The number of rotatable bonds is 3. The number of nitrogens with one attached hydrogen (secondary N) is 1. The third-order valence-corrected chi connectivity index (χ3v) is 5.62. The van der Waals surface area contributed by atoms with E-state index in [4.69, 9.17) is 11.6 Å². The number of carbonyl (C=O) groups excluding carboxylic acids is 1. The summed E-state index contributed by atoms with van der Waals surface area (Å²) in [5, 5.41) is 9.31. The zero-order chi connectivity index (χ0) is 22.2. The quantitative estimate of drug-likeness (QED) is 0.480. The number of halogens is 5. The molecule has 160 valence electrons. The fourth-order valence-electron chi connectivity index (χ4n) is 3.06. The van der Waals surface area contributed by atoms with E-state index in [2.05, 4.69) is 15.4 Å². The van der Waals surface area contributed by atoms with Crippen LogP contribution in [0.15, 0.2) is 59.1 Å². The molecule has 1 aliphatic heterocycles.